The summed E-state index contributed by atoms with van der Waals surface area (Å²) in [4.78, 5) is 0. The molecule has 0 fully saturated rings. The maximum absolute atomic E-state index is 9.97. The monoisotopic (exact) mass is 154 g/mol. The van der Waals surface area contributed by atoms with E-state index in [1.54, 1.807) is 11.8 Å². The lowest BCUT2D eigenvalue weighted by atomic mass is 10.9. The average molecular weight is 154 g/mol. The van der Waals surface area contributed by atoms with E-state index in [0.717, 1.165) is 11.5 Å². The largest absolute Gasteiger partial charge is 0.306 e. The fraction of sp³-hybridized carbons (Fsp3) is 1.00. The summed E-state index contributed by atoms with van der Waals surface area (Å²) in [5, 5.41) is 0. The Morgan fingerprint density at radius 1 is 1.75 bits per heavy atom. The van der Waals surface area contributed by atoms with Crippen LogP contribution in [0, 0.1) is 0 Å². The molecule has 0 aromatic rings. The van der Waals surface area contributed by atoms with Crippen LogP contribution in [0.5, 0.6) is 0 Å². The molecule has 0 aromatic heterocycles. The summed E-state index contributed by atoms with van der Waals surface area (Å²) in [6.07, 6.45) is 0. The molecule has 8 heavy (non-hydrogen) atoms. The van der Waals surface area contributed by atoms with Crippen molar-refractivity contribution in [3.05, 3.63) is 0 Å². The van der Waals surface area contributed by atoms with Gasteiger partial charge in [0.2, 0.25) is 0 Å². The molecule has 0 saturated heterocycles. The molecular weight excluding hydrogens is 144 g/mol. The Bertz CT molecular complexity index is 74.4. The van der Waals surface area contributed by atoms with Crippen LogP contribution in [0.4, 0.5) is 0 Å². The van der Waals surface area contributed by atoms with Crippen molar-refractivity contribution in [2.24, 2.45) is 0 Å². The highest BCUT2D eigenvalue weighted by Gasteiger charge is 1.90. The summed E-state index contributed by atoms with van der Waals surface area (Å²) in [5.74, 6) is 2.22. The molecule has 0 aliphatic heterocycles. The van der Waals surface area contributed by atoms with Gasteiger partial charge >= 0.3 is 0 Å². The van der Waals surface area contributed by atoms with Crippen molar-refractivity contribution in [1.82, 2.24) is 0 Å². The third-order valence-electron chi connectivity index (χ3n) is 0.606. The molecule has 0 heterocycles. The van der Waals surface area contributed by atoms with Gasteiger partial charge in [-0.3, -0.25) is 0 Å². The fourth-order valence-corrected chi connectivity index (χ4v) is 1.60. The Kier molecular flexibility index (Phi) is 5.92. The Morgan fingerprint density at radius 3 is 2.75 bits per heavy atom. The number of thioether (sulfide) groups is 1. The van der Waals surface area contributed by atoms with Gasteiger partial charge in [-0.1, -0.05) is 6.92 Å². The maximum Gasteiger partial charge on any atom is 0.153 e. The average Bonchev–Trinajstić information content (AvgIpc) is 1.66. The second kappa shape index (κ2) is 5.59. The summed E-state index contributed by atoms with van der Waals surface area (Å²) in [5.41, 5.74) is 0. The quantitative estimate of drug-likeness (QED) is 0.484. The van der Waals surface area contributed by atoms with Crippen LogP contribution in [0.25, 0.3) is 0 Å². The molecule has 0 saturated carbocycles. The maximum atomic E-state index is 9.97. The van der Waals surface area contributed by atoms with Crippen LogP contribution in [0.2, 0.25) is 0 Å². The van der Waals surface area contributed by atoms with Crippen LogP contribution >= 0.6 is 11.8 Å². The van der Waals surface area contributed by atoms with Crippen molar-refractivity contribution >= 4 is 22.8 Å². The summed E-state index contributed by atoms with van der Waals surface area (Å²) >= 11 is 0.0955. The van der Waals surface area contributed by atoms with Crippen LogP contribution in [0.15, 0.2) is 0 Å². The van der Waals surface area contributed by atoms with E-state index in [1.165, 1.54) is 0 Å². The van der Waals surface area contributed by atoms with Gasteiger partial charge in [-0.05, 0) is 5.75 Å². The first-order valence-electron chi connectivity index (χ1n) is 2.42. The molecule has 50 valence electrons. The predicted octanol–water partition coefficient (Wildman–Crippen LogP) is 0.961. The highest BCUT2D eigenvalue weighted by Crippen LogP contribution is 1.96. The van der Waals surface area contributed by atoms with Crippen LogP contribution in [-0.2, 0) is 11.1 Å². The van der Waals surface area contributed by atoms with Gasteiger partial charge in [-0.2, -0.15) is 11.8 Å². The standard InChI is InChI=1S/C4H10O2S2/c1-2-7-3-4-8(5)6/h2-4H2,1H3,(H,5,6). The zero-order chi connectivity index (χ0) is 6.41. The normalized spacial score (nSPS) is 13.8. The highest BCUT2D eigenvalue weighted by atomic mass is 32.2. The first-order chi connectivity index (χ1) is 3.77. The van der Waals surface area contributed by atoms with Gasteiger partial charge in [0, 0.05) is 5.75 Å². The van der Waals surface area contributed by atoms with Gasteiger partial charge in [0.15, 0.2) is 11.1 Å². The molecule has 0 bridgehead atoms. The summed E-state index contributed by atoms with van der Waals surface area (Å²) in [6.45, 7) is 2.03. The molecule has 4 heteroatoms. The van der Waals surface area contributed by atoms with Gasteiger partial charge in [-0.15, -0.1) is 0 Å². The fourth-order valence-electron chi connectivity index (χ4n) is 0.275. The van der Waals surface area contributed by atoms with E-state index >= 15 is 0 Å². The van der Waals surface area contributed by atoms with Crippen molar-refractivity contribution in [3.8, 4) is 0 Å². The lowest BCUT2D eigenvalue weighted by molar-refractivity contribution is 0.566. The van der Waals surface area contributed by atoms with E-state index in [4.69, 9.17) is 4.55 Å². The highest BCUT2D eigenvalue weighted by molar-refractivity contribution is 7.99. The van der Waals surface area contributed by atoms with Gasteiger partial charge in [-0.25, -0.2) is 4.21 Å². The minimum atomic E-state index is -1.59. The molecule has 0 aromatic carbocycles. The number of rotatable bonds is 4. The molecule has 1 N–H and O–H groups in total. The second-order valence-electron chi connectivity index (χ2n) is 1.22. The topological polar surface area (TPSA) is 37.3 Å². The first kappa shape index (κ1) is 8.46. The Labute approximate surface area is 56.3 Å². The van der Waals surface area contributed by atoms with E-state index in [1.807, 2.05) is 6.92 Å². The van der Waals surface area contributed by atoms with Crippen LogP contribution in [-0.4, -0.2) is 26.0 Å². The van der Waals surface area contributed by atoms with E-state index in [9.17, 15) is 4.21 Å². The smallest absolute Gasteiger partial charge is 0.153 e. The molecule has 1 unspecified atom stereocenters. The molecule has 2 nitrogen and oxygen atoms in total. The van der Waals surface area contributed by atoms with Gasteiger partial charge in [0.1, 0.15) is 0 Å². The van der Waals surface area contributed by atoms with Gasteiger partial charge in [0.05, 0.1) is 5.75 Å². The summed E-state index contributed by atoms with van der Waals surface area (Å²) in [7, 11) is 0. The molecule has 1 atom stereocenters. The number of hydrogen-bond donors (Lipinski definition) is 1. The molecule has 0 amide bonds. The Hall–Kier alpha value is 0.460. The zero-order valence-corrected chi connectivity index (χ0v) is 6.43. The lowest BCUT2D eigenvalue weighted by Crippen LogP contribution is -1.97. The third-order valence-corrected chi connectivity index (χ3v) is 2.32. The molecule has 0 radical (unpaired) electrons. The first-order valence-corrected chi connectivity index (χ1v) is 4.85. The zero-order valence-electron chi connectivity index (χ0n) is 4.79. The van der Waals surface area contributed by atoms with Crippen LogP contribution in [0.1, 0.15) is 6.92 Å². The third kappa shape index (κ3) is 6.46. The van der Waals surface area contributed by atoms with Crippen molar-refractivity contribution in [2.45, 2.75) is 6.92 Å². The summed E-state index contributed by atoms with van der Waals surface area (Å²) < 4.78 is 18.2. The van der Waals surface area contributed by atoms with Gasteiger partial charge < -0.3 is 4.55 Å². The van der Waals surface area contributed by atoms with E-state index < -0.39 is 11.1 Å². The van der Waals surface area contributed by atoms with Crippen molar-refractivity contribution < 1.29 is 8.76 Å². The molecule has 0 spiro atoms. The minimum absolute atomic E-state index is 0.401. The van der Waals surface area contributed by atoms with Crippen molar-refractivity contribution in [1.29, 1.82) is 0 Å². The lowest BCUT2D eigenvalue weighted by Gasteiger charge is -1.91. The molecule has 0 aliphatic carbocycles. The molecule has 0 rings (SSSR count). The Balaban J connectivity index is 2.82. The SMILES string of the molecule is CCSCCS(=O)O. The number of hydrogen-bond acceptors (Lipinski definition) is 2. The van der Waals surface area contributed by atoms with Gasteiger partial charge in [0.25, 0.3) is 0 Å². The van der Waals surface area contributed by atoms with E-state index in [2.05, 4.69) is 0 Å². The molecular formula is C4H10O2S2. The van der Waals surface area contributed by atoms with Crippen molar-refractivity contribution in [3.63, 3.8) is 0 Å². The minimum Gasteiger partial charge on any atom is -0.306 e. The van der Waals surface area contributed by atoms with Crippen LogP contribution < -0.4 is 0 Å². The van der Waals surface area contributed by atoms with Crippen LogP contribution in [0.3, 0.4) is 0 Å². The van der Waals surface area contributed by atoms with E-state index in [-0.39, 0.29) is 0 Å². The van der Waals surface area contributed by atoms with E-state index in [0.29, 0.717) is 5.75 Å². The second-order valence-corrected chi connectivity index (χ2v) is 3.67. The Morgan fingerprint density at radius 2 is 2.38 bits per heavy atom. The summed E-state index contributed by atoms with van der Waals surface area (Å²) in [6, 6.07) is 0. The predicted molar refractivity (Wildman–Crippen MR) is 38.6 cm³/mol. The molecule has 0 aliphatic rings. The van der Waals surface area contributed by atoms with Crippen molar-refractivity contribution in [2.75, 3.05) is 17.3 Å².